The van der Waals surface area contributed by atoms with Crippen LogP contribution in [-0.4, -0.2) is 30.4 Å². The Balaban J connectivity index is 2.25. The summed E-state index contributed by atoms with van der Waals surface area (Å²) in [6, 6.07) is 0. The van der Waals surface area contributed by atoms with E-state index in [9.17, 15) is 0 Å². The van der Waals surface area contributed by atoms with Gasteiger partial charge in [-0.2, -0.15) is 0 Å². The monoisotopic (exact) mass is 158 g/mol. The maximum absolute atomic E-state index is 8.83. The normalized spacial score (nSPS) is 35.5. The molecule has 0 heterocycles. The van der Waals surface area contributed by atoms with E-state index in [1.807, 2.05) is 13.8 Å². The van der Waals surface area contributed by atoms with Crippen LogP contribution < -0.4 is 0 Å². The molecule has 11 heavy (non-hydrogen) atoms. The zero-order chi connectivity index (χ0) is 8.48. The summed E-state index contributed by atoms with van der Waals surface area (Å²) in [5.74, 6) is 0.0223. The smallest absolute Gasteiger partial charge is 0.427 e. The van der Waals surface area contributed by atoms with Crippen molar-refractivity contribution in [1.29, 1.82) is 0 Å². The predicted molar refractivity (Wildman–Crippen MR) is 43.2 cm³/mol. The first-order valence-electron chi connectivity index (χ1n) is 4.04. The molecule has 0 aromatic rings. The third-order valence-corrected chi connectivity index (χ3v) is 2.42. The minimum absolute atomic E-state index is 0.0180. The number of rotatable bonds is 4. The average Bonchev–Trinajstić information content (AvgIpc) is 2.60. The van der Waals surface area contributed by atoms with Crippen LogP contribution in [0.5, 0.6) is 0 Å². The van der Waals surface area contributed by atoms with Crippen molar-refractivity contribution in [3.05, 3.63) is 0 Å². The molecule has 0 spiro atoms. The molecule has 1 saturated carbocycles. The van der Waals surface area contributed by atoms with Crippen molar-refractivity contribution >= 4 is 7.12 Å². The molecule has 0 aromatic carbocycles. The summed E-state index contributed by atoms with van der Waals surface area (Å²) in [4.78, 5) is 0. The standard InChI is InChI=1S/C7H15BO3/c1-3-11-5-7(2)4-6(7)8(9)10/h6,9-10H,3-5H2,1-2H3/t6-,7-/m1/s1. The molecule has 0 aromatic heterocycles. The highest BCUT2D eigenvalue weighted by molar-refractivity contribution is 6.44. The highest BCUT2D eigenvalue weighted by Crippen LogP contribution is 2.58. The molecule has 1 fully saturated rings. The Morgan fingerprint density at radius 2 is 2.27 bits per heavy atom. The van der Waals surface area contributed by atoms with Gasteiger partial charge in [0.2, 0.25) is 0 Å². The van der Waals surface area contributed by atoms with Gasteiger partial charge in [-0.1, -0.05) is 6.92 Å². The van der Waals surface area contributed by atoms with E-state index in [2.05, 4.69) is 0 Å². The van der Waals surface area contributed by atoms with E-state index >= 15 is 0 Å². The first-order chi connectivity index (χ1) is 5.10. The van der Waals surface area contributed by atoms with Crippen LogP contribution in [0.4, 0.5) is 0 Å². The van der Waals surface area contributed by atoms with Crippen LogP contribution in [0.2, 0.25) is 5.82 Å². The van der Waals surface area contributed by atoms with E-state index in [4.69, 9.17) is 14.8 Å². The van der Waals surface area contributed by atoms with Crippen LogP contribution >= 0.6 is 0 Å². The van der Waals surface area contributed by atoms with E-state index in [0.717, 1.165) is 6.42 Å². The zero-order valence-corrected chi connectivity index (χ0v) is 7.08. The molecule has 64 valence electrons. The molecule has 0 aliphatic heterocycles. The lowest BCUT2D eigenvalue weighted by atomic mass is 9.78. The molecular weight excluding hydrogens is 143 g/mol. The van der Waals surface area contributed by atoms with Gasteiger partial charge in [-0.3, -0.25) is 0 Å². The van der Waals surface area contributed by atoms with Crippen LogP contribution in [0.15, 0.2) is 0 Å². The maximum Gasteiger partial charge on any atom is 0.455 e. The Labute approximate surface area is 67.5 Å². The Morgan fingerprint density at radius 3 is 2.64 bits per heavy atom. The molecule has 0 bridgehead atoms. The van der Waals surface area contributed by atoms with Gasteiger partial charge in [-0.05, 0) is 18.8 Å². The van der Waals surface area contributed by atoms with Crippen molar-refractivity contribution < 1.29 is 14.8 Å². The number of hydrogen-bond donors (Lipinski definition) is 2. The molecule has 1 aliphatic carbocycles. The molecule has 0 radical (unpaired) electrons. The number of ether oxygens (including phenoxy) is 1. The molecule has 2 atom stereocenters. The first-order valence-corrected chi connectivity index (χ1v) is 4.04. The second kappa shape index (κ2) is 3.13. The van der Waals surface area contributed by atoms with Crippen LogP contribution in [0.25, 0.3) is 0 Å². The van der Waals surface area contributed by atoms with Crippen molar-refractivity contribution in [3.8, 4) is 0 Å². The number of hydrogen-bond acceptors (Lipinski definition) is 3. The van der Waals surface area contributed by atoms with E-state index in [1.54, 1.807) is 0 Å². The van der Waals surface area contributed by atoms with Crippen molar-refractivity contribution in [3.63, 3.8) is 0 Å². The lowest BCUT2D eigenvalue weighted by Gasteiger charge is -2.09. The van der Waals surface area contributed by atoms with E-state index < -0.39 is 7.12 Å². The summed E-state index contributed by atoms with van der Waals surface area (Å²) in [5, 5.41) is 17.7. The van der Waals surface area contributed by atoms with E-state index in [0.29, 0.717) is 13.2 Å². The van der Waals surface area contributed by atoms with Crippen molar-refractivity contribution in [2.24, 2.45) is 5.41 Å². The summed E-state index contributed by atoms with van der Waals surface area (Å²) in [6.07, 6.45) is 0.866. The molecule has 2 N–H and O–H groups in total. The van der Waals surface area contributed by atoms with E-state index in [1.165, 1.54) is 0 Å². The van der Waals surface area contributed by atoms with Crippen molar-refractivity contribution in [1.82, 2.24) is 0 Å². The molecule has 1 aliphatic rings. The third kappa shape index (κ3) is 1.95. The molecule has 3 nitrogen and oxygen atoms in total. The lowest BCUT2D eigenvalue weighted by molar-refractivity contribution is 0.106. The fourth-order valence-electron chi connectivity index (χ4n) is 1.41. The Hall–Kier alpha value is -0.0551. The topological polar surface area (TPSA) is 49.7 Å². The van der Waals surface area contributed by atoms with Gasteiger partial charge in [-0.25, -0.2) is 0 Å². The third-order valence-electron chi connectivity index (χ3n) is 2.42. The molecule has 0 saturated heterocycles. The predicted octanol–water partition coefficient (Wildman–Crippen LogP) is 0.276. The van der Waals surface area contributed by atoms with Gasteiger partial charge < -0.3 is 14.8 Å². The van der Waals surface area contributed by atoms with Gasteiger partial charge in [0, 0.05) is 12.4 Å². The highest BCUT2D eigenvalue weighted by atomic mass is 16.5. The summed E-state index contributed by atoms with van der Waals surface area (Å²) < 4.78 is 5.22. The van der Waals surface area contributed by atoms with Crippen LogP contribution in [0.1, 0.15) is 20.3 Å². The zero-order valence-electron chi connectivity index (χ0n) is 7.08. The van der Waals surface area contributed by atoms with Crippen LogP contribution in [-0.2, 0) is 4.74 Å². The van der Waals surface area contributed by atoms with Gasteiger partial charge in [0.1, 0.15) is 0 Å². The van der Waals surface area contributed by atoms with E-state index in [-0.39, 0.29) is 11.2 Å². The largest absolute Gasteiger partial charge is 0.455 e. The van der Waals surface area contributed by atoms with Gasteiger partial charge in [0.25, 0.3) is 0 Å². The van der Waals surface area contributed by atoms with Crippen LogP contribution in [0, 0.1) is 5.41 Å². The molecule has 0 amide bonds. The summed E-state index contributed by atoms with van der Waals surface area (Å²) >= 11 is 0. The van der Waals surface area contributed by atoms with Gasteiger partial charge in [0.05, 0.1) is 6.61 Å². The second-order valence-corrected chi connectivity index (χ2v) is 3.52. The lowest BCUT2D eigenvalue weighted by Crippen LogP contribution is -2.18. The fourth-order valence-corrected chi connectivity index (χ4v) is 1.41. The second-order valence-electron chi connectivity index (χ2n) is 3.52. The van der Waals surface area contributed by atoms with Gasteiger partial charge in [-0.15, -0.1) is 0 Å². The molecule has 4 heteroatoms. The van der Waals surface area contributed by atoms with Crippen molar-refractivity contribution in [2.45, 2.75) is 26.1 Å². The molecule has 0 unspecified atom stereocenters. The van der Waals surface area contributed by atoms with Gasteiger partial charge >= 0.3 is 7.12 Å². The summed E-state index contributed by atoms with van der Waals surface area (Å²) in [7, 11) is -1.17. The first kappa shape index (κ1) is 9.04. The SMILES string of the molecule is CCOC[C@@]1(C)C[C@H]1B(O)O. The summed E-state index contributed by atoms with van der Waals surface area (Å²) in [6.45, 7) is 5.30. The summed E-state index contributed by atoms with van der Waals surface area (Å²) in [5.41, 5.74) is 0.0180. The Kier molecular flexibility index (Phi) is 2.57. The van der Waals surface area contributed by atoms with Crippen molar-refractivity contribution in [2.75, 3.05) is 13.2 Å². The minimum Gasteiger partial charge on any atom is -0.427 e. The Morgan fingerprint density at radius 1 is 1.64 bits per heavy atom. The highest BCUT2D eigenvalue weighted by Gasteiger charge is 2.55. The average molecular weight is 158 g/mol. The minimum atomic E-state index is -1.17. The molecule has 1 rings (SSSR count). The maximum atomic E-state index is 8.83. The Bertz CT molecular complexity index is 140. The quantitative estimate of drug-likeness (QED) is 0.577. The molecular formula is C7H15BO3. The van der Waals surface area contributed by atoms with Crippen LogP contribution in [0.3, 0.4) is 0 Å². The van der Waals surface area contributed by atoms with Gasteiger partial charge in [0.15, 0.2) is 0 Å². The fraction of sp³-hybridized carbons (Fsp3) is 1.00.